The summed E-state index contributed by atoms with van der Waals surface area (Å²) in [6.07, 6.45) is 3.57. The van der Waals surface area contributed by atoms with Crippen molar-refractivity contribution in [2.24, 2.45) is 5.92 Å². The molecular weight excluding hydrogens is 213 g/mol. The molecule has 1 nitrogen and oxygen atoms in total. The Hall–Kier alpha value is -0.760. The van der Waals surface area contributed by atoms with E-state index < -0.39 is 0 Å². The number of halogens is 2. The molecule has 1 saturated carbocycles. The van der Waals surface area contributed by atoms with E-state index in [1.54, 1.807) is 6.07 Å². The second-order valence-corrected chi connectivity index (χ2v) is 4.85. The molecule has 0 spiro atoms. The fourth-order valence-electron chi connectivity index (χ4n) is 2.21. The zero-order chi connectivity index (χ0) is 10.8. The topological polar surface area (TPSA) is 12.0 Å². The van der Waals surface area contributed by atoms with Gasteiger partial charge >= 0.3 is 0 Å². The Morgan fingerprint density at radius 3 is 2.73 bits per heavy atom. The fourth-order valence-corrected chi connectivity index (χ4v) is 2.43. The molecule has 0 aliphatic heterocycles. The van der Waals surface area contributed by atoms with Crippen LogP contribution >= 0.6 is 11.6 Å². The van der Waals surface area contributed by atoms with Crippen molar-refractivity contribution >= 4 is 17.3 Å². The molecule has 3 heteroatoms. The zero-order valence-electron chi connectivity index (χ0n) is 8.76. The van der Waals surface area contributed by atoms with Crippen LogP contribution in [0.4, 0.5) is 10.1 Å². The van der Waals surface area contributed by atoms with Crippen LogP contribution in [-0.2, 0) is 0 Å². The van der Waals surface area contributed by atoms with E-state index >= 15 is 0 Å². The average Bonchev–Trinajstić information content (AvgIpc) is 2.49. The summed E-state index contributed by atoms with van der Waals surface area (Å²) in [7, 11) is 0. The van der Waals surface area contributed by atoms with Gasteiger partial charge in [0.05, 0.1) is 0 Å². The smallest absolute Gasteiger partial charge is 0.126 e. The predicted molar refractivity (Wildman–Crippen MR) is 61.8 cm³/mol. The Kier molecular flexibility index (Phi) is 3.15. The van der Waals surface area contributed by atoms with Gasteiger partial charge in [0.15, 0.2) is 0 Å². The minimum Gasteiger partial charge on any atom is -0.382 e. The summed E-state index contributed by atoms with van der Waals surface area (Å²) in [6, 6.07) is 5.06. The van der Waals surface area contributed by atoms with Crippen molar-refractivity contribution in [2.75, 3.05) is 5.32 Å². The highest BCUT2D eigenvalue weighted by Crippen LogP contribution is 2.28. The number of nitrogens with one attached hydrogen (secondary N) is 1. The number of anilines is 1. The van der Waals surface area contributed by atoms with E-state index in [4.69, 9.17) is 11.6 Å². The van der Waals surface area contributed by atoms with Crippen LogP contribution in [0, 0.1) is 11.7 Å². The highest BCUT2D eigenvalue weighted by Gasteiger charge is 2.20. The van der Waals surface area contributed by atoms with Crippen LogP contribution in [0.25, 0.3) is 0 Å². The minimum absolute atomic E-state index is 0.281. The molecule has 0 heterocycles. The summed E-state index contributed by atoms with van der Waals surface area (Å²) in [5.74, 6) is 0.488. The van der Waals surface area contributed by atoms with Gasteiger partial charge in [0.1, 0.15) is 5.82 Å². The van der Waals surface area contributed by atoms with Crippen LogP contribution in [0.3, 0.4) is 0 Å². The van der Waals surface area contributed by atoms with Crippen LogP contribution in [0.1, 0.15) is 26.2 Å². The number of hydrogen-bond donors (Lipinski definition) is 1. The molecular formula is C12H15ClFN. The molecule has 1 N–H and O–H groups in total. The Morgan fingerprint density at radius 1 is 1.33 bits per heavy atom. The quantitative estimate of drug-likeness (QED) is 0.803. The first kappa shape index (κ1) is 10.7. The van der Waals surface area contributed by atoms with E-state index in [0.717, 1.165) is 24.4 Å². The maximum atomic E-state index is 13.1. The van der Waals surface area contributed by atoms with E-state index in [1.165, 1.54) is 18.6 Å². The largest absolute Gasteiger partial charge is 0.382 e. The molecule has 1 aromatic carbocycles. The van der Waals surface area contributed by atoms with Gasteiger partial charge in [0, 0.05) is 16.8 Å². The Bertz CT molecular complexity index is 333. The van der Waals surface area contributed by atoms with Gasteiger partial charge < -0.3 is 5.32 Å². The third kappa shape index (κ3) is 2.85. The van der Waals surface area contributed by atoms with Crippen molar-refractivity contribution in [1.82, 2.24) is 0 Å². The standard InChI is InChI=1S/C12H15ClFN/c1-8-2-3-11(4-8)15-12-6-9(13)5-10(14)7-12/h5-8,11,15H,2-4H2,1H3. The van der Waals surface area contributed by atoms with Crippen molar-refractivity contribution in [3.05, 3.63) is 29.0 Å². The molecule has 0 bridgehead atoms. The normalized spacial score (nSPS) is 25.5. The van der Waals surface area contributed by atoms with Crippen molar-refractivity contribution in [2.45, 2.75) is 32.2 Å². The van der Waals surface area contributed by atoms with Crippen LogP contribution < -0.4 is 5.32 Å². The lowest BCUT2D eigenvalue weighted by Gasteiger charge is -2.14. The second-order valence-electron chi connectivity index (χ2n) is 4.42. The molecule has 82 valence electrons. The summed E-state index contributed by atoms with van der Waals surface area (Å²) >= 11 is 5.78. The van der Waals surface area contributed by atoms with Crippen molar-refractivity contribution < 1.29 is 4.39 Å². The molecule has 0 saturated heterocycles. The molecule has 1 aliphatic carbocycles. The van der Waals surface area contributed by atoms with Gasteiger partial charge in [-0.25, -0.2) is 4.39 Å². The van der Waals surface area contributed by atoms with Crippen molar-refractivity contribution in [3.63, 3.8) is 0 Å². The molecule has 1 aromatic rings. The molecule has 0 radical (unpaired) electrons. The van der Waals surface area contributed by atoms with E-state index in [0.29, 0.717) is 11.1 Å². The number of rotatable bonds is 2. The lowest BCUT2D eigenvalue weighted by molar-refractivity contribution is 0.602. The van der Waals surface area contributed by atoms with Gasteiger partial charge in [-0.1, -0.05) is 18.5 Å². The summed E-state index contributed by atoms with van der Waals surface area (Å²) < 4.78 is 13.1. The average molecular weight is 228 g/mol. The van der Waals surface area contributed by atoms with Gasteiger partial charge in [0.2, 0.25) is 0 Å². The highest BCUT2D eigenvalue weighted by atomic mass is 35.5. The van der Waals surface area contributed by atoms with Gasteiger partial charge in [-0.05, 0) is 43.4 Å². The first-order valence-electron chi connectivity index (χ1n) is 5.36. The number of benzene rings is 1. The van der Waals surface area contributed by atoms with Crippen molar-refractivity contribution in [1.29, 1.82) is 0 Å². The Morgan fingerprint density at radius 2 is 2.13 bits per heavy atom. The summed E-state index contributed by atoms with van der Waals surface area (Å²) in [4.78, 5) is 0. The van der Waals surface area contributed by atoms with E-state index in [2.05, 4.69) is 12.2 Å². The zero-order valence-corrected chi connectivity index (χ0v) is 9.52. The van der Waals surface area contributed by atoms with Gasteiger partial charge in [0.25, 0.3) is 0 Å². The maximum absolute atomic E-state index is 13.1. The lowest BCUT2D eigenvalue weighted by Crippen LogP contribution is -2.15. The van der Waals surface area contributed by atoms with Crippen LogP contribution in [0.5, 0.6) is 0 Å². The molecule has 1 fully saturated rings. The molecule has 1 aliphatic rings. The highest BCUT2D eigenvalue weighted by molar-refractivity contribution is 6.30. The second kappa shape index (κ2) is 4.40. The van der Waals surface area contributed by atoms with E-state index in [9.17, 15) is 4.39 Å². The fraction of sp³-hybridized carbons (Fsp3) is 0.500. The first-order chi connectivity index (χ1) is 7.13. The summed E-state index contributed by atoms with van der Waals surface area (Å²) in [6.45, 7) is 2.25. The Balaban J connectivity index is 2.04. The summed E-state index contributed by atoms with van der Waals surface area (Å²) in [5, 5.41) is 3.78. The first-order valence-corrected chi connectivity index (χ1v) is 5.74. The molecule has 2 unspecified atom stereocenters. The lowest BCUT2D eigenvalue weighted by atomic mass is 10.1. The third-order valence-electron chi connectivity index (χ3n) is 2.93. The Labute approximate surface area is 94.6 Å². The summed E-state index contributed by atoms with van der Waals surface area (Å²) in [5.41, 5.74) is 0.791. The van der Waals surface area contributed by atoms with Crippen LogP contribution in [0.15, 0.2) is 18.2 Å². The molecule has 0 amide bonds. The van der Waals surface area contributed by atoms with Crippen molar-refractivity contribution in [3.8, 4) is 0 Å². The van der Waals surface area contributed by atoms with Crippen LogP contribution in [0.2, 0.25) is 5.02 Å². The molecule has 2 atom stereocenters. The molecule has 15 heavy (non-hydrogen) atoms. The van der Waals surface area contributed by atoms with E-state index in [1.807, 2.05) is 0 Å². The van der Waals surface area contributed by atoms with E-state index in [-0.39, 0.29) is 5.82 Å². The third-order valence-corrected chi connectivity index (χ3v) is 3.15. The van der Waals surface area contributed by atoms with Gasteiger partial charge in [-0.15, -0.1) is 0 Å². The van der Waals surface area contributed by atoms with Crippen LogP contribution in [-0.4, -0.2) is 6.04 Å². The number of hydrogen-bond acceptors (Lipinski definition) is 1. The minimum atomic E-state index is -0.281. The molecule has 2 rings (SSSR count). The SMILES string of the molecule is CC1CCC(Nc2cc(F)cc(Cl)c2)C1. The maximum Gasteiger partial charge on any atom is 0.126 e. The van der Waals surface area contributed by atoms with Gasteiger partial charge in [-0.2, -0.15) is 0 Å². The monoisotopic (exact) mass is 227 g/mol. The van der Waals surface area contributed by atoms with Gasteiger partial charge in [-0.3, -0.25) is 0 Å². The predicted octanol–water partition coefficient (Wildman–Crippen LogP) is 4.08. The molecule has 0 aromatic heterocycles.